The average molecular weight is 323 g/mol. The van der Waals surface area contributed by atoms with Crippen LogP contribution in [0, 0.1) is 5.92 Å². The van der Waals surface area contributed by atoms with Gasteiger partial charge in [0.1, 0.15) is 5.60 Å². The summed E-state index contributed by atoms with van der Waals surface area (Å²) in [7, 11) is 0. The van der Waals surface area contributed by atoms with Crippen molar-refractivity contribution in [1.29, 1.82) is 0 Å². The molecule has 2 atom stereocenters. The molecule has 0 radical (unpaired) electrons. The second-order valence-electron chi connectivity index (χ2n) is 7.10. The van der Waals surface area contributed by atoms with Crippen LogP contribution in [0.4, 0.5) is 4.79 Å². The van der Waals surface area contributed by atoms with Crippen LogP contribution in [0.15, 0.2) is 16.8 Å². The van der Waals surface area contributed by atoms with Crippen molar-refractivity contribution in [1.82, 2.24) is 4.90 Å². The van der Waals surface area contributed by atoms with E-state index in [2.05, 4.69) is 6.92 Å². The molecule has 1 aromatic rings. The molecule has 2 rings (SSSR count). The number of likely N-dealkylation sites (tertiary alicyclic amines) is 1. The number of ketones is 1. The first-order valence-electron chi connectivity index (χ1n) is 7.81. The third kappa shape index (κ3) is 4.57. The van der Waals surface area contributed by atoms with E-state index in [0.717, 1.165) is 18.4 Å². The number of hydrogen-bond donors (Lipinski definition) is 0. The summed E-state index contributed by atoms with van der Waals surface area (Å²) < 4.78 is 5.49. The van der Waals surface area contributed by atoms with Crippen molar-refractivity contribution < 1.29 is 14.3 Å². The van der Waals surface area contributed by atoms with E-state index in [4.69, 9.17) is 4.74 Å². The Hall–Kier alpha value is -1.36. The van der Waals surface area contributed by atoms with Gasteiger partial charge in [-0.3, -0.25) is 4.79 Å². The van der Waals surface area contributed by atoms with Crippen LogP contribution >= 0.6 is 11.3 Å². The smallest absolute Gasteiger partial charge is 0.410 e. The Labute approximate surface area is 136 Å². The Morgan fingerprint density at radius 2 is 2.14 bits per heavy atom. The van der Waals surface area contributed by atoms with Gasteiger partial charge in [0.05, 0.1) is 0 Å². The van der Waals surface area contributed by atoms with Crippen molar-refractivity contribution in [2.45, 2.75) is 58.6 Å². The van der Waals surface area contributed by atoms with Gasteiger partial charge in [-0.05, 0) is 51.0 Å². The second-order valence-corrected chi connectivity index (χ2v) is 7.88. The summed E-state index contributed by atoms with van der Waals surface area (Å²) in [4.78, 5) is 26.5. The molecule has 22 heavy (non-hydrogen) atoms. The van der Waals surface area contributed by atoms with E-state index in [-0.39, 0.29) is 17.9 Å². The highest BCUT2D eigenvalue weighted by atomic mass is 32.1. The summed E-state index contributed by atoms with van der Waals surface area (Å²) in [6.07, 6.45) is 1.89. The first-order valence-corrected chi connectivity index (χ1v) is 8.75. The monoisotopic (exact) mass is 323 g/mol. The molecule has 0 saturated carbocycles. The molecule has 0 spiro atoms. The van der Waals surface area contributed by atoms with E-state index >= 15 is 0 Å². The standard InChI is InChI=1S/C17H25NO3S/c1-12-5-7-18(16(20)21-17(2,3)4)14(9-12)10-15(19)13-6-8-22-11-13/h6,8,11-12,14H,5,7,9-10H2,1-4H3. The summed E-state index contributed by atoms with van der Waals surface area (Å²) in [6.45, 7) is 8.43. The summed E-state index contributed by atoms with van der Waals surface area (Å²) in [6, 6.07) is 1.78. The molecule has 0 N–H and O–H groups in total. The number of nitrogens with zero attached hydrogens (tertiary/aromatic N) is 1. The molecule has 122 valence electrons. The van der Waals surface area contributed by atoms with E-state index in [1.54, 1.807) is 4.90 Å². The SMILES string of the molecule is CC1CCN(C(=O)OC(C)(C)C)C(CC(=O)c2ccsc2)C1. The van der Waals surface area contributed by atoms with Crippen LogP contribution in [0.2, 0.25) is 0 Å². The van der Waals surface area contributed by atoms with Gasteiger partial charge in [-0.25, -0.2) is 4.79 Å². The number of hydrogen-bond acceptors (Lipinski definition) is 4. The minimum absolute atomic E-state index is 0.0639. The van der Waals surface area contributed by atoms with Crippen LogP contribution in [0.1, 0.15) is 57.3 Å². The fourth-order valence-electron chi connectivity index (χ4n) is 2.76. The second kappa shape index (κ2) is 6.82. The number of piperidine rings is 1. The maximum Gasteiger partial charge on any atom is 0.410 e. The molecule has 1 aromatic heterocycles. The molecule has 0 bridgehead atoms. The zero-order chi connectivity index (χ0) is 16.3. The third-order valence-corrected chi connectivity index (χ3v) is 4.55. The maximum atomic E-state index is 12.4. The average Bonchev–Trinajstić information content (AvgIpc) is 2.90. The topological polar surface area (TPSA) is 46.6 Å². The molecule has 1 aliphatic rings. The zero-order valence-corrected chi connectivity index (χ0v) is 14.6. The predicted molar refractivity (Wildman–Crippen MR) is 88.4 cm³/mol. The molecular formula is C17H25NO3S. The van der Waals surface area contributed by atoms with Crippen LogP contribution in [0.3, 0.4) is 0 Å². The van der Waals surface area contributed by atoms with Gasteiger partial charge in [0.2, 0.25) is 0 Å². The van der Waals surface area contributed by atoms with E-state index < -0.39 is 5.60 Å². The van der Waals surface area contributed by atoms with Gasteiger partial charge in [-0.2, -0.15) is 11.3 Å². The van der Waals surface area contributed by atoms with E-state index in [1.807, 2.05) is 37.6 Å². The van der Waals surface area contributed by atoms with Crippen molar-refractivity contribution in [2.24, 2.45) is 5.92 Å². The van der Waals surface area contributed by atoms with Gasteiger partial charge in [0.15, 0.2) is 5.78 Å². The molecule has 1 amide bonds. The van der Waals surface area contributed by atoms with Gasteiger partial charge in [0.25, 0.3) is 0 Å². The lowest BCUT2D eigenvalue weighted by molar-refractivity contribution is 0.00514. The molecule has 1 fully saturated rings. The molecule has 1 aliphatic heterocycles. The lowest BCUT2D eigenvalue weighted by Gasteiger charge is -2.38. The number of Topliss-reactive ketones (excluding diaryl/α,β-unsaturated/α-hetero) is 1. The first-order chi connectivity index (χ1) is 10.3. The Bertz CT molecular complexity index is 519. The predicted octanol–water partition coefficient (Wildman–Crippen LogP) is 4.36. The molecule has 4 nitrogen and oxygen atoms in total. The fourth-order valence-corrected chi connectivity index (χ4v) is 3.42. The number of carbonyl (C=O) groups excluding carboxylic acids is 2. The summed E-state index contributed by atoms with van der Waals surface area (Å²) in [5.74, 6) is 0.632. The van der Waals surface area contributed by atoms with Crippen molar-refractivity contribution >= 4 is 23.2 Å². The first kappa shape index (κ1) is 17.0. The van der Waals surface area contributed by atoms with Gasteiger partial charge < -0.3 is 9.64 Å². The minimum atomic E-state index is -0.512. The Kier molecular flexibility index (Phi) is 5.27. The van der Waals surface area contributed by atoms with Crippen molar-refractivity contribution in [2.75, 3.05) is 6.54 Å². The Balaban J connectivity index is 2.06. The van der Waals surface area contributed by atoms with Gasteiger partial charge in [-0.15, -0.1) is 0 Å². The molecule has 5 heteroatoms. The molecule has 0 aromatic carbocycles. The largest absolute Gasteiger partial charge is 0.444 e. The molecule has 1 saturated heterocycles. The van der Waals surface area contributed by atoms with Crippen molar-refractivity contribution in [3.63, 3.8) is 0 Å². The lowest BCUT2D eigenvalue weighted by Crippen LogP contribution is -2.48. The molecule has 2 heterocycles. The normalized spacial score (nSPS) is 22.5. The van der Waals surface area contributed by atoms with Crippen LogP contribution < -0.4 is 0 Å². The molecule has 2 unspecified atom stereocenters. The van der Waals surface area contributed by atoms with E-state index in [1.165, 1.54) is 11.3 Å². The zero-order valence-electron chi connectivity index (χ0n) is 13.8. The van der Waals surface area contributed by atoms with Crippen LogP contribution in [0.5, 0.6) is 0 Å². The number of amides is 1. The highest BCUT2D eigenvalue weighted by Crippen LogP contribution is 2.27. The number of thiophene rings is 1. The van der Waals surface area contributed by atoms with Crippen molar-refractivity contribution in [3.8, 4) is 0 Å². The van der Waals surface area contributed by atoms with Gasteiger partial charge in [0, 0.05) is 30.0 Å². The molecule has 0 aliphatic carbocycles. The quantitative estimate of drug-likeness (QED) is 0.777. The summed E-state index contributed by atoms with van der Waals surface area (Å²) >= 11 is 1.52. The van der Waals surface area contributed by atoms with Crippen LogP contribution in [0.25, 0.3) is 0 Å². The van der Waals surface area contributed by atoms with E-state index in [0.29, 0.717) is 18.9 Å². The molecular weight excluding hydrogens is 298 g/mol. The Morgan fingerprint density at radius 3 is 2.73 bits per heavy atom. The van der Waals surface area contributed by atoms with Crippen LogP contribution in [-0.2, 0) is 4.74 Å². The summed E-state index contributed by atoms with van der Waals surface area (Å²) in [5, 5.41) is 3.77. The highest BCUT2D eigenvalue weighted by molar-refractivity contribution is 7.08. The highest BCUT2D eigenvalue weighted by Gasteiger charge is 2.34. The Morgan fingerprint density at radius 1 is 1.41 bits per heavy atom. The summed E-state index contributed by atoms with van der Waals surface area (Å²) in [5.41, 5.74) is 0.231. The van der Waals surface area contributed by atoms with Crippen LogP contribution in [-0.4, -0.2) is 35.0 Å². The third-order valence-electron chi connectivity index (χ3n) is 3.87. The number of rotatable bonds is 3. The number of ether oxygens (including phenoxy) is 1. The maximum absolute atomic E-state index is 12.4. The van der Waals surface area contributed by atoms with Gasteiger partial charge in [-0.1, -0.05) is 6.92 Å². The van der Waals surface area contributed by atoms with E-state index in [9.17, 15) is 9.59 Å². The van der Waals surface area contributed by atoms with Crippen molar-refractivity contribution in [3.05, 3.63) is 22.4 Å². The lowest BCUT2D eigenvalue weighted by atomic mass is 9.89. The van der Waals surface area contributed by atoms with Gasteiger partial charge >= 0.3 is 6.09 Å². The fraction of sp³-hybridized carbons (Fsp3) is 0.647. The minimum Gasteiger partial charge on any atom is -0.444 e. The number of carbonyl (C=O) groups is 2.